The Bertz CT molecular complexity index is 3760. The van der Waals surface area contributed by atoms with E-state index in [9.17, 15) is 34.8 Å². The molecule has 19 rings (SSSR count). The topological polar surface area (TPSA) is 330 Å². The quantitative estimate of drug-likeness (QED) is 0.0197. The van der Waals surface area contributed by atoms with Gasteiger partial charge < -0.3 is 111 Å². The second kappa shape index (κ2) is 58.2. The fraction of sp³-hybridized carbons (Fsp3) is 0.764. The summed E-state index contributed by atoms with van der Waals surface area (Å²) in [4.78, 5) is 31.5. The molecule has 136 heavy (non-hydrogen) atoms. The molecule has 19 aliphatic rings. The molecule has 0 spiro atoms. The number of terminal acetylenes is 1. The molecule has 11 aliphatic carbocycles. The van der Waals surface area contributed by atoms with Crippen LogP contribution in [0.5, 0.6) is 0 Å². The highest BCUT2D eigenvalue weighted by Gasteiger charge is 2.57. The number of alkyl halides is 2. The standard InChI is InChI=1S/C12H18O3.C11H15BrO2.2C11H22O2Si.C10H14O2.C9H12O4.2C9H14O3.C8H13BrO2.C7H10O3.C5H6.C3H8.CH4/c1-3-13-11-4-8-9(15-11)5-10-12(8)7(2)6-14-10;1-3-6-13-10-4-5-11(7-10)14-9(2)8-12;2*1-11(2,3)14(4,5)13-10-7-6-9(12)8-10;1-6-5-12-9-4-8-7(10(6)9)2-3-11-8;1-6(10)12-8-3-4-9(5-8)13-7(2)11;2*10-6-4-12-8-3-7-5(9(6)8)1-2-11-7;1-6(5-9)11-8-3-2-7(10)4-8;1-5(8)10-7-3-2-6(9)4-7;1-2-4-5-3-1;1-3-2;/h8-12H,2-6H2,1H3;1,4-5,9-11H,6-8H2,2H3;2*6-7,9-10,12H,8H2,1-5H3;7-10H,1-5H2;3-4,8-9H,5H2,1-2H3;2*5-10H,1-4H2;2-3,6-8,10H,4-5H2,1H3;2-3,6-7,9H,4H2,1H3;1-4H,5H2;3H2,1-2H3;1H4/t8-,9-,10+,11?,12-;9?,10-,11+;9-,10+;9-,10-;7-,8-,9+,10-;8-,9+;5-,6+,7+,8+,9+;5-,6+,7-,8+,9+;6?,7-,8+;6-,7+;;;/m11011.1111.../s1. The summed E-state index contributed by atoms with van der Waals surface area (Å²) in [5.41, 5.74) is 2.56. The van der Waals surface area contributed by atoms with Gasteiger partial charge in [-0.15, -0.1) is 6.42 Å². The van der Waals surface area contributed by atoms with Crippen LogP contribution in [0.4, 0.5) is 0 Å². The highest BCUT2D eigenvalue weighted by Crippen LogP contribution is 2.53. The smallest absolute Gasteiger partial charge is 0.303 e. The molecule has 26 nitrogen and oxygen atoms in total. The van der Waals surface area contributed by atoms with Gasteiger partial charge in [-0.25, -0.2) is 0 Å². The minimum atomic E-state index is -1.66. The zero-order valence-electron chi connectivity index (χ0n) is 84.0. The third kappa shape index (κ3) is 37.5. The number of rotatable bonds is 17. The van der Waals surface area contributed by atoms with Crippen LogP contribution in [0.3, 0.4) is 0 Å². The largest absolute Gasteiger partial charge is 0.458 e. The zero-order chi connectivity index (χ0) is 99.1. The van der Waals surface area contributed by atoms with E-state index in [1.54, 1.807) is 30.4 Å². The first-order chi connectivity index (χ1) is 64.0. The first kappa shape index (κ1) is 119. The van der Waals surface area contributed by atoms with E-state index in [-0.39, 0.29) is 145 Å². The molecule has 4 saturated carbocycles. The number of carbonyl (C=O) groups excluding carboxylic acids is 3. The second-order valence-electron chi connectivity index (χ2n) is 41.5. The number of hydrogen-bond donors (Lipinski definition) is 6. The number of aliphatic hydroxyl groups is 6. The van der Waals surface area contributed by atoms with Gasteiger partial charge in [-0.05, 0) is 136 Å². The van der Waals surface area contributed by atoms with Gasteiger partial charge in [-0.1, -0.05) is 199 Å². The maximum atomic E-state index is 10.6. The first-order valence-electron chi connectivity index (χ1n) is 49.8. The van der Waals surface area contributed by atoms with Crippen molar-refractivity contribution in [1.29, 1.82) is 0 Å². The van der Waals surface area contributed by atoms with Crippen LogP contribution in [0.25, 0.3) is 0 Å². The Balaban J connectivity index is 0.000000204. The van der Waals surface area contributed by atoms with Crippen LogP contribution in [0.1, 0.15) is 207 Å². The summed E-state index contributed by atoms with van der Waals surface area (Å²) in [6, 6.07) is 0. The molecule has 33 atom stereocenters. The lowest BCUT2D eigenvalue weighted by molar-refractivity contribution is -0.148. The van der Waals surface area contributed by atoms with Crippen molar-refractivity contribution in [2.75, 3.05) is 70.1 Å². The molecule has 0 aromatic heterocycles. The molecule has 0 radical (unpaired) electrons. The van der Waals surface area contributed by atoms with Crippen molar-refractivity contribution in [3.05, 3.63) is 122 Å². The monoisotopic (exact) mass is 2080 g/mol. The molecule has 8 saturated heterocycles. The molecule has 8 aliphatic heterocycles. The van der Waals surface area contributed by atoms with Gasteiger partial charge in [0.25, 0.3) is 0 Å². The lowest BCUT2D eigenvalue weighted by Gasteiger charge is -2.38. The number of allylic oxidation sites excluding steroid dienone is 4. The summed E-state index contributed by atoms with van der Waals surface area (Å²) in [7, 11) is -3.32. The Labute approximate surface area is 833 Å². The minimum absolute atomic E-state index is 0. The molecule has 6 N–H and O–H groups in total. The van der Waals surface area contributed by atoms with Crippen molar-refractivity contribution < 1.29 is 125 Å². The predicted octanol–water partition coefficient (Wildman–Crippen LogP) is 17.0. The molecule has 30 heteroatoms. The molecule has 774 valence electrons. The van der Waals surface area contributed by atoms with Crippen LogP contribution in [-0.4, -0.2) is 288 Å². The van der Waals surface area contributed by atoms with Crippen LogP contribution in [0.2, 0.25) is 36.3 Å². The predicted molar refractivity (Wildman–Crippen MR) is 541 cm³/mol. The van der Waals surface area contributed by atoms with Gasteiger partial charge in [0.2, 0.25) is 0 Å². The van der Waals surface area contributed by atoms with E-state index in [0.29, 0.717) is 117 Å². The molecule has 3 unspecified atom stereocenters. The fourth-order valence-corrected chi connectivity index (χ4v) is 22.9. The number of ether oxygens (including phenoxy) is 15. The Morgan fingerprint density at radius 3 is 1.18 bits per heavy atom. The van der Waals surface area contributed by atoms with Crippen LogP contribution >= 0.6 is 31.9 Å². The highest BCUT2D eigenvalue weighted by molar-refractivity contribution is 9.09. The summed E-state index contributed by atoms with van der Waals surface area (Å²) in [6.07, 6.45) is 52.3. The number of hydrogen-bond acceptors (Lipinski definition) is 26. The van der Waals surface area contributed by atoms with Crippen LogP contribution < -0.4 is 0 Å². The number of esters is 3. The van der Waals surface area contributed by atoms with Gasteiger partial charge in [0, 0.05) is 152 Å². The lowest BCUT2D eigenvalue weighted by atomic mass is 9.88. The first-order valence-corrected chi connectivity index (χ1v) is 57.8. The van der Waals surface area contributed by atoms with Gasteiger partial charge in [-0.2, -0.15) is 0 Å². The molecule has 12 fully saturated rings. The SMILES string of the molecule is C.C#CCO[C@@H]1C=C[C@H](OC(C)CBr)C1.C1=CCC=C1.C=C1CO[C@H]2C[C@H]3OC(OCC)C[C@H]3[C@@H]12.C=C1CO[C@H]2C[C@H]3OCC[C@H]3[C@@H]12.CC(=O)O[C@@H]1C=C[C@H](OC(C)=O)C1.CC(=O)O[C@H]1C=C[C@@H](O)C1.CC(C)(C)[Si](C)(C)O[C@@H]1C=C[C@@H](O)C1.CC(C)(C)[Si](C)(C)O[C@@H]1C=C[C@H](O)C1.CC(CBr)O[C@H]1C=C[C@@H](O)C1.CCC.O[C@H]1CO[C@H]2C[C@@H]3OCC[C@H]3[C@H]21.O[C@H]1CO[C@H]2C[C@H]3OCC[C@H]3[C@H]21. The fourth-order valence-electron chi connectivity index (χ4n) is 20.0. The van der Waals surface area contributed by atoms with E-state index in [1.807, 2.05) is 63.3 Å². The number of fused-ring (bicyclic) bond motifs is 12. The average molecular weight is 2080 g/mol. The Morgan fingerprint density at radius 1 is 0.456 bits per heavy atom. The van der Waals surface area contributed by atoms with E-state index < -0.39 is 22.7 Å². The van der Waals surface area contributed by atoms with E-state index in [4.69, 9.17) is 96.5 Å². The maximum absolute atomic E-state index is 10.6. The Morgan fingerprint density at radius 2 is 0.801 bits per heavy atom. The third-order valence-electron chi connectivity index (χ3n) is 28.4. The number of aliphatic hydroxyl groups excluding tert-OH is 6. The van der Waals surface area contributed by atoms with Crippen molar-refractivity contribution >= 4 is 66.4 Å². The molecule has 0 aromatic rings. The summed E-state index contributed by atoms with van der Waals surface area (Å²) < 4.78 is 94.0. The molecule has 0 amide bonds. The van der Waals surface area contributed by atoms with E-state index in [1.165, 1.54) is 44.8 Å². The normalized spacial score (nSPS) is 36.8. The van der Waals surface area contributed by atoms with Crippen molar-refractivity contribution in [2.24, 2.45) is 47.3 Å². The average Bonchev–Trinajstić information content (AvgIpc) is 1.63. The summed E-state index contributed by atoms with van der Waals surface area (Å²) in [6.45, 7) is 51.3. The van der Waals surface area contributed by atoms with Crippen LogP contribution in [0, 0.1) is 59.7 Å². The number of carbonyl (C=O) groups is 3. The zero-order valence-corrected chi connectivity index (χ0v) is 89.1. The van der Waals surface area contributed by atoms with Gasteiger partial charge in [0.15, 0.2) is 22.9 Å². The van der Waals surface area contributed by atoms with Crippen molar-refractivity contribution in [3.63, 3.8) is 0 Å². The molecular formula is C106H172Br2O26Si2. The summed E-state index contributed by atoms with van der Waals surface area (Å²) in [5, 5.41) is 58.3. The van der Waals surface area contributed by atoms with Gasteiger partial charge in [0.05, 0.1) is 155 Å². The van der Waals surface area contributed by atoms with Crippen molar-refractivity contribution in [2.45, 2.75) is 396 Å². The summed E-state index contributed by atoms with van der Waals surface area (Å²) >= 11 is 6.70. The van der Waals surface area contributed by atoms with Gasteiger partial charge in [0.1, 0.15) is 24.9 Å². The maximum Gasteiger partial charge on any atom is 0.303 e. The van der Waals surface area contributed by atoms with Crippen molar-refractivity contribution in [3.8, 4) is 12.3 Å². The third-order valence-corrected chi connectivity index (χ3v) is 39.3. The number of halogens is 2. The molecule has 0 bridgehead atoms. The van der Waals surface area contributed by atoms with Gasteiger partial charge in [-0.3, -0.25) is 14.4 Å². The second-order valence-corrected chi connectivity index (χ2v) is 52.3. The van der Waals surface area contributed by atoms with Crippen LogP contribution in [-0.2, 0) is 94.3 Å². The van der Waals surface area contributed by atoms with E-state index >= 15 is 0 Å². The Hall–Kier alpha value is -4.04. The summed E-state index contributed by atoms with van der Waals surface area (Å²) in [5.74, 6) is 5.87. The lowest BCUT2D eigenvalue weighted by Crippen LogP contribution is -2.43. The van der Waals surface area contributed by atoms with Crippen molar-refractivity contribution in [1.82, 2.24) is 0 Å². The Kier molecular flexibility index (Phi) is 50.9. The molecule has 0 aromatic carbocycles. The van der Waals surface area contributed by atoms with E-state index in [2.05, 4.69) is 157 Å². The van der Waals surface area contributed by atoms with Gasteiger partial charge >= 0.3 is 17.9 Å². The van der Waals surface area contributed by atoms with Crippen LogP contribution in [0.15, 0.2) is 122 Å². The van der Waals surface area contributed by atoms with E-state index in [0.717, 1.165) is 127 Å². The molecular weight excluding hydrogens is 1910 g/mol. The molecule has 8 heterocycles. The minimum Gasteiger partial charge on any atom is -0.458 e. The highest BCUT2D eigenvalue weighted by atomic mass is 79.9.